The highest BCUT2D eigenvalue weighted by Gasteiger charge is 2.52. The molecule has 6 nitrogen and oxygen atoms in total. The summed E-state index contributed by atoms with van der Waals surface area (Å²) in [5.74, 6) is -0.316. The molecule has 1 amide bonds. The second-order valence-electron chi connectivity index (χ2n) is 8.83. The molecule has 0 radical (unpaired) electrons. The largest absolute Gasteiger partial charge is 0.489 e. The molecule has 160 valence electrons. The summed E-state index contributed by atoms with van der Waals surface area (Å²) < 4.78 is 11.4. The molecule has 3 rings (SSSR count). The van der Waals surface area contributed by atoms with E-state index in [0.717, 1.165) is 11.1 Å². The Bertz CT molecular complexity index is 888. The molecule has 0 bridgehead atoms. The van der Waals surface area contributed by atoms with E-state index in [-0.39, 0.29) is 6.04 Å². The Morgan fingerprint density at radius 1 is 1.10 bits per heavy atom. The third kappa shape index (κ3) is 4.75. The number of ether oxygens (including phenoxy) is 2. The molecule has 0 saturated carbocycles. The zero-order valence-electron chi connectivity index (χ0n) is 17.9. The lowest BCUT2D eigenvalue weighted by Crippen LogP contribution is -2.52. The maximum atomic E-state index is 12.9. The lowest BCUT2D eigenvalue weighted by molar-refractivity contribution is -0.149. The molecule has 1 N–H and O–H groups in total. The van der Waals surface area contributed by atoms with Gasteiger partial charge in [0, 0.05) is 0 Å². The molecule has 1 aliphatic heterocycles. The number of carbonyl (C=O) groups excluding carboxylic acids is 1. The number of nitrogens with zero attached hydrogens (tertiary/aromatic N) is 1. The second kappa shape index (κ2) is 8.38. The first-order chi connectivity index (χ1) is 14.1. The van der Waals surface area contributed by atoms with Crippen LogP contribution in [-0.2, 0) is 16.1 Å². The van der Waals surface area contributed by atoms with Gasteiger partial charge in [0.15, 0.2) is 0 Å². The molecule has 0 aliphatic carbocycles. The van der Waals surface area contributed by atoms with Gasteiger partial charge in [-0.05, 0) is 63.8 Å². The summed E-state index contributed by atoms with van der Waals surface area (Å²) in [6, 6.07) is 17.0. The van der Waals surface area contributed by atoms with Crippen LogP contribution in [0.4, 0.5) is 4.79 Å². The Hall–Kier alpha value is -3.02. The molecule has 1 unspecified atom stereocenters. The van der Waals surface area contributed by atoms with Gasteiger partial charge in [0.05, 0.1) is 6.04 Å². The molecule has 0 aromatic heterocycles. The van der Waals surface area contributed by atoms with Crippen molar-refractivity contribution in [2.24, 2.45) is 0 Å². The average Bonchev–Trinajstić information content (AvgIpc) is 3.05. The van der Waals surface area contributed by atoms with Gasteiger partial charge in [-0.3, -0.25) is 4.90 Å². The predicted molar refractivity (Wildman–Crippen MR) is 113 cm³/mol. The Kier molecular flexibility index (Phi) is 6.06. The van der Waals surface area contributed by atoms with Gasteiger partial charge in [-0.2, -0.15) is 0 Å². The summed E-state index contributed by atoms with van der Waals surface area (Å²) in [7, 11) is 0. The number of carbonyl (C=O) groups is 2. The van der Waals surface area contributed by atoms with Gasteiger partial charge in [-0.25, -0.2) is 9.59 Å². The van der Waals surface area contributed by atoms with Gasteiger partial charge in [-0.15, -0.1) is 0 Å². The molecule has 1 heterocycles. The van der Waals surface area contributed by atoms with Crippen LogP contribution in [0.25, 0.3) is 0 Å². The number of aliphatic carboxylic acids is 1. The number of benzene rings is 2. The number of carboxylic acids is 1. The lowest BCUT2D eigenvalue weighted by Gasteiger charge is -2.36. The van der Waals surface area contributed by atoms with Crippen LogP contribution in [0.2, 0.25) is 0 Å². The van der Waals surface area contributed by atoms with Crippen molar-refractivity contribution in [3.8, 4) is 5.75 Å². The predicted octanol–water partition coefficient (Wildman–Crippen LogP) is 5.18. The molecule has 0 spiro atoms. The van der Waals surface area contributed by atoms with Crippen molar-refractivity contribution in [2.75, 3.05) is 0 Å². The molecule has 1 aliphatic rings. The quantitative estimate of drug-likeness (QED) is 0.734. The zero-order valence-corrected chi connectivity index (χ0v) is 17.9. The fourth-order valence-electron chi connectivity index (χ4n) is 3.70. The van der Waals surface area contributed by atoms with Crippen LogP contribution in [0.5, 0.6) is 5.75 Å². The van der Waals surface area contributed by atoms with E-state index in [9.17, 15) is 14.7 Å². The van der Waals surface area contributed by atoms with E-state index >= 15 is 0 Å². The Balaban J connectivity index is 1.78. The van der Waals surface area contributed by atoms with Gasteiger partial charge in [0.1, 0.15) is 23.5 Å². The first kappa shape index (κ1) is 21.7. The summed E-state index contributed by atoms with van der Waals surface area (Å²) in [5.41, 5.74) is -0.0857. The monoisotopic (exact) mass is 411 g/mol. The van der Waals surface area contributed by atoms with Crippen LogP contribution < -0.4 is 4.74 Å². The van der Waals surface area contributed by atoms with Crippen molar-refractivity contribution >= 4 is 12.1 Å². The van der Waals surface area contributed by atoms with Gasteiger partial charge in [0.25, 0.3) is 0 Å². The maximum absolute atomic E-state index is 12.9. The van der Waals surface area contributed by atoms with Crippen molar-refractivity contribution in [2.45, 2.75) is 64.3 Å². The Labute approximate surface area is 177 Å². The lowest BCUT2D eigenvalue weighted by atomic mass is 9.99. The van der Waals surface area contributed by atoms with Crippen LogP contribution in [0.15, 0.2) is 54.6 Å². The molecular formula is C24H29NO5. The molecule has 6 heteroatoms. The van der Waals surface area contributed by atoms with Crippen molar-refractivity contribution in [3.63, 3.8) is 0 Å². The summed E-state index contributed by atoms with van der Waals surface area (Å²) >= 11 is 0. The number of amides is 1. The average molecular weight is 411 g/mol. The van der Waals surface area contributed by atoms with Crippen LogP contribution in [0.3, 0.4) is 0 Å². The summed E-state index contributed by atoms with van der Waals surface area (Å²) in [6.07, 6.45) is 0.296. The fourth-order valence-corrected chi connectivity index (χ4v) is 3.70. The minimum absolute atomic E-state index is 0.360. The number of hydrogen-bond donors (Lipinski definition) is 1. The van der Waals surface area contributed by atoms with Crippen molar-refractivity contribution in [1.82, 2.24) is 4.90 Å². The van der Waals surface area contributed by atoms with Gasteiger partial charge in [0.2, 0.25) is 0 Å². The standard InChI is InChI=1S/C24H29NO5/c1-23(2,3)30-22(28)25-20(14-15-24(25,4)21(26)27)18-10-12-19(13-11-18)29-16-17-8-6-5-7-9-17/h5-13,20H,14-16H2,1-4H3,(H,26,27)/t20?,24-/m0/s1. The normalized spacial score (nSPS) is 21.3. The number of rotatable bonds is 5. The van der Waals surface area contributed by atoms with E-state index in [1.807, 2.05) is 54.6 Å². The molecule has 2 atom stereocenters. The minimum Gasteiger partial charge on any atom is -0.489 e. The molecule has 30 heavy (non-hydrogen) atoms. The number of carboxylic acid groups (broad SMARTS) is 1. The third-order valence-corrected chi connectivity index (χ3v) is 5.31. The number of likely N-dealkylation sites (tertiary alicyclic amines) is 1. The van der Waals surface area contributed by atoms with Crippen molar-refractivity contribution < 1.29 is 24.2 Å². The topological polar surface area (TPSA) is 76.1 Å². The Morgan fingerprint density at radius 3 is 2.30 bits per heavy atom. The van der Waals surface area contributed by atoms with E-state index in [0.29, 0.717) is 25.2 Å². The molecule has 1 saturated heterocycles. The molecule has 2 aromatic rings. The first-order valence-corrected chi connectivity index (χ1v) is 10.1. The van der Waals surface area contributed by atoms with Crippen LogP contribution in [0, 0.1) is 0 Å². The zero-order chi connectivity index (χ0) is 21.9. The summed E-state index contributed by atoms with van der Waals surface area (Å²) in [6.45, 7) is 7.36. The van der Waals surface area contributed by atoms with Crippen molar-refractivity contribution in [3.05, 3.63) is 65.7 Å². The van der Waals surface area contributed by atoms with E-state index in [2.05, 4.69) is 0 Å². The van der Waals surface area contributed by atoms with E-state index in [1.54, 1.807) is 27.7 Å². The van der Waals surface area contributed by atoms with Crippen LogP contribution in [0.1, 0.15) is 57.7 Å². The van der Waals surface area contributed by atoms with E-state index in [1.165, 1.54) is 4.90 Å². The maximum Gasteiger partial charge on any atom is 0.411 e. The van der Waals surface area contributed by atoms with E-state index < -0.39 is 23.2 Å². The second-order valence-corrected chi connectivity index (χ2v) is 8.83. The highest BCUT2D eigenvalue weighted by atomic mass is 16.6. The minimum atomic E-state index is -1.31. The van der Waals surface area contributed by atoms with Gasteiger partial charge >= 0.3 is 12.1 Å². The smallest absolute Gasteiger partial charge is 0.411 e. The summed E-state index contributed by atoms with van der Waals surface area (Å²) in [4.78, 5) is 26.3. The van der Waals surface area contributed by atoms with E-state index in [4.69, 9.17) is 9.47 Å². The van der Waals surface area contributed by atoms with Crippen molar-refractivity contribution in [1.29, 1.82) is 0 Å². The van der Waals surface area contributed by atoms with Gasteiger partial charge in [-0.1, -0.05) is 42.5 Å². The highest BCUT2D eigenvalue weighted by molar-refractivity contribution is 5.85. The van der Waals surface area contributed by atoms with Gasteiger partial charge < -0.3 is 14.6 Å². The highest BCUT2D eigenvalue weighted by Crippen LogP contribution is 2.44. The number of hydrogen-bond acceptors (Lipinski definition) is 4. The van der Waals surface area contributed by atoms with Crippen LogP contribution >= 0.6 is 0 Å². The SMILES string of the molecule is CC(C)(C)OC(=O)N1C(c2ccc(OCc3ccccc3)cc2)CC[C@@]1(C)C(=O)O. The first-order valence-electron chi connectivity index (χ1n) is 10.1. The molecule has 1 fully saturated rings. The van der Waals surface area contributed by atoms with Crippen LogP contribution in [-0.4, -0.2) is 33.2 Å². The molecular weight excluding hydrogens is 382 g/mol. The summed E-state index contributed by atoms with van der Waals surface area (Å²) in [5, 5.41) is 9.81. The molecule has 2 aromatic carbocycles. The Morgan fingerprint density at radius 2 is 1.73 bits per heavy atom. The third-order valence-electron chi connectivity index (χ3n) is 5.31. The fraction of sp³-hybridized carbons (Fsp3) is 0.417.